The number of carbonyl (C=O) groups is 4. The van der Waals surface area contributed by atoms with Crippen molar-refractivity contribution in [2.45, 2.75) is 50.4 Å². The standard InChI is InChI=1S/C20H30N8O5S/c1-11(21)17(29)27-15(5-12-7-22-9-24-12)19(31)28-16(6-13-8-23-10-25-13)18(30)26-14(20(32)33)3-4-34-2/h7-11,14-16H,3-6,21H2,1-2H3,(H,22,24)(H,23,25)(H,26,30)(H,27,29)(H,28,31)(H,32,33). The normalized spacial score (nSPS) is 14.4. The van der Waals surface area contributed by atoms with Crippen molar-refractivity contribution in [3.63, 3.8) is 0 Å². The lowest BCUT2D eigenvalue weighted by atomic mass is 10.1. The molecule has 2 heterocycles. The fourth-order valence-corrected chi connectivity index (χ4v) is 3.46. The maximum atomic E-state index is 13.1. The summed E-state index contributed by atoms with van der Waals surface area (Å²) in [5.74, 6) is -2.49. The van der Waals surface area contributed by atoms with E-state index in [2.05, 4.69) is 35.9 Å². The molecule has 0 aliphatic heterocycles. The van der Waals surface area contributed by atoms with Crippen LogP contribution in [0.25, 0.3) is 0 Å². The van der Waals surface area contributed by atoms with Gasteiger partial charge in [-0.2, -0.15) is 11.8 Å². The van der Waals surface area contributed by atoms with Crippen molar-refractivity contribution in [2.75, 3.05) is 12.0 Å². The maximum absolute atomic E-state index is 13.1. The second-order valence-electron chi connectivity index (χ2n) is 7.65. The number of carboxylic acid groups (broad SMARTS) is 1. The van der Waals surface area contributed by atoms with Gasteiger partial charge in [-0.1, -0.05) is 0 Å². The van der Waals surface area contributed by atoms with Crippen LogP contribution in [0.2, 0.25) is 0 Å². The van der Waals surface area contributed by atoms with E-state index in [4.69, 9.17) is 5.73 Å². The molecule has 0 saturated heterocycles. The number of hydrogen-bond donors (Lipinski definition) is 7. The Kier molecular flexibility index (Phi) is 10.5. The fraction of sp³-hybridized carbons (Fsp3) is 0.500. The minimum atomic E-state index is -1.17. The number of carbonyl (C=O) groups excluding carboxylic acids is 3. The number of hydrogen-bond acceptors (Lipinski definition) is 8. The Balaban J connectivity index is 2.20. The van der Waals surface area contributed by atoms with E-state index < -0.39 is 47.9 Å². The molecule has 0 aromatic carbocycles. The molecule has 14 heteroatoms. The number of carboxylic acids is 1. The Bertz CT molecular complexity index is 935. The van der Waals surface area contributed by atoms with E-state index in [-0.39, 0.29) is 19.3 Å². The van der Waals surface area contributed by atoms with Crippen LogP contribution in [0.1, 0.15) is 24.7 Å². The SMILES string of the molecule is CSCCC(NC(=O)C(Cc1cnc[nH]1)NC(=O)C(Cc1cnc[nH]1)NC(=O)C(C)N)C(=O)O. The highest BCUT2D eigenvalue weighted by atomic mass is 32.2. The zero-order valence-electron chi connectivity index (χ0n) is 18.9. The van der Waals surface area contributed by atoms with Crippen molar-refractivity contribution in [1.82, 2.24) is 35.9 Å². The summed E-state index contributed by atoms with van der Waals surface area (Å²) in [6.45, 7) is 1.48. The van der Waals surface area contributed by atoms with Gasteiger partial charge in [0.15, 0.2) is 0 Å². The van der Waals surface area contributed by atoms with Gasteiger partial charge in [-0.25, -0.2) is 14.8 Å². The van der Waals surface area contributed by atoms with E-state index >= 15 is 0 Å². The summed E-state index contributed by atoms with van der Waals surface area (Å²) < 4.78 is 0. The molecule has 0 fully saturated rings. The zero-order chi connectivity index (χ0) is 25.1. The maximum Gasteiger partial charge on any atom is 0.326 e. The highest BCUT2D eigenvalue weighted by molar-refractivity contribution is 7.98. The van der Waals surface area contributed by atoms with E-state index in [1.807, 2.05) is 6.26 Å². The van der Waals surface area contributed by atoms with Gasteiger partial charge < -0.3 is 36.8 Å². The number of rotatable bonds is 14. The average Bonchev–Trinajstić information content (AvgIpc) is 3.49. The van der Waals surface area contributed by atoms with Crippen LogP contribution >= 0.6 is 11.8 Å². The van der Waals surface area contributed by atoms with E-state index in [9.17, 15) is 24.3 Å². The van der Waals surface area contributed by atoms with Gasteiger partial charge in [-0.05, 0) is 25.4 Å². The Labute approximate surface area is 200 Å². The second-order valence-corrected chi connectivity index (χ2v) is 8.64. The van der Waals surface area contributed by atoms with Gasteiger partial charge in [0, 0.05) is 36.6 Å². The molecule has 3 amide bonds. The number of aromatic nitrogens is 4. The lowest BCUT2D eigenvalue weighted by Crippen LogP contribution is -2.58. The molecule has 0 bridgehead atoms. The van der Waals surface area contributed by atoms with Crippen LogP contribution in [0.4, 0.5) is 0 Å². The summed E-state index contributed by atoms with van der Waals surface area (Å²) in [6, 6.07) is -4.14. The van der Waals surface area contributed by atoms with Crippen LogP contribution in [-0.2, 0) is 32.0 Å². The molecule has 4 atom stereocenters. The molecule has 0 aliphatic carbocycles. The minimum Gasteiger partial charge on any atom is -0.480 e. The molecule has 0 aliphatic rings. The van der Waals surface area contributed by atoms with Gasteiger partial charge in [0.05, 0.1) is 18.7 Å². The molecule has 0 saturated carbocycles. The molecule has 13 nitrogen and oxygen atoms in total. The predicted molar refractivity (Wildman–Crippen MR) is 125 cm³/mol. The molecule has 4 unspecified atom stereocenters. The summed E-state index contributed by atoms with van der Waals surface area (Å²) in [5, 5.41) is 17.1. The number of nitrogens with two attached hydrogens (primary N) is 1. The highest BCUT2D eigenvalue weighted by Gasteiger charge is 2.30. The lowest BCUT2D eigenvalue weighted by Gasteiger charge is -2.24. The molecule has 0 radical (unpaired) electrons. The van der Waals surface area contributed by atoms with Crippen molar-refractivity contribution < 1.29 is 24.3 Å². The number of nitrogens with zero attached hydrogens (tertiary/aromatic N) is 2. The first-order valence-corrected chi connectivity index (χ1v) is 11.9. The van der Waals surface area contributed by atoms with Crippen LogP contribution < -0.4 is 21.7 Å². The predicted octanol–water partition coefficient (Wildman–Crippen LogP) is -1.44. The van der Waals surface area contributed by atoms with Crippen LogP contribution in [-0.4, -0.2) is 84.9 Å². The number of nitrogens with one attached hydrogen (secondary N) is 5. The van der Waals surface area contributed by atoms with Gasteiger partial charge in [0.1, 0.15) is 18.1 Å². The first-order chi connectivity index (χ1) is 16.2. The number of aromatic amines is 2. The minimum absolute atomic E-state index is 0.0322. The first kappa shape index (κ1) is 26.9. The molecule has 2 rings (SSSR count). The molecular weight excluding hydrogens is 464 g/mol. The van der Waals surface area contributed by atoms with Crippen molar-refractivity contribution >= 4 is 35.5 Å². The monoisotopic (exact) mass is 494 g/mol. The third-order valence-corrected chi connectivity index (χ3v) is 5.51. The van der Waals surface area contributed by atoms with Gasteiger partial charge in [0.2, 0.25) is 17.7 Å². The highest BCUT2D eigenvalue weighted by Crippen LogP contribution is 2.06. The fourth-order valence-electron chi connectivity index (χ4n) is 2.99. The van der Waals surface area contributed by atoms with Crippen LogP contribution in [0, 0.1) is 0 Å². The van der Waals surface area contributed by atoms with Crippen LogP contribution in [0.3, 0.4) is 0 Å². The van der Waals surface area contributed by atoms with E-state index in [1.165, 1.54) is 43.7 Å². The average molecular weight is 495 g/mol. The van der Waals surface area contributed by atoms with Crippen molar-refractivity contribution in [3.8, 4) is 0 Å². The van der Waals surface area contributed by atoms with Crippen LogP contribution in [0.15, 0.2) is 25.0 Å². The van der Waals surface area contributed by atoms with E-state index in [0.717, 1.165) is 0 Å². The third-order valence-electron chi connectivity index (χ3n) is 4.86. The van der Waals surface area contributed by atoms with Crippen molar-refractivity contribution in [2.24, 2.45) is 5.73 Å². The Morgan fingerprint density at radius 3 is 1.79 bits per heavy atom. The largest absolute Gasteiger partial charge is 0.480 e. The molecule has 2 aromatic rings. The van der Waals surface area contributed by atoms with Crippen molar-refractivity contribution in [1.29, 1.82) is 0 Å². The summed E-state index contributed by atoms with van der Waals surface area (Å²) in [6.07, 6.45) is 8.03. The van der Waals surface area contributed by atoms with Gasteiger partial charge in [-0.15, -0.1) is 0 Å². The number of aliphatic carboxylic acids is 1. The molecule has 2 aromatic heterocycles. The molecule has 186 valence electrons. The van der Waals surface area contributed by atoms with Gasteiger partial charge >= 0.3 is 5.97 Å². The Morgan fingerprint density at radius 1 is 0.941 bits per heavy atom. The Morgan fingerprint density at radius 2 is 1.41 bits per heavy atom. The quantitative estimate of drug-likeness (QED) is 0.164. The van der Waals surface area contributed by atoms with Gasteiger partial charge in [-0.3, -0.25) is 14.4 Å². The number of H-pyrrole nitrogens is 2. The summed E-state index contributed by atoms with van der Waals surface area (Å²) in [4.78, 5) is 63.4. The number of thioether (sulfide) groups is 1. The lowest BCUT2D eigenvalue weighted by molar-refractivity contribution is -0.142. The summed E-state index contributed by atoms with van der Waals surface area (Å²) in [7, 11) is 0. The number of amides is 3. The van der Waals surface area contributed by atoms with Gasteiger partial charge in [0.25, 0.3) is 0 Å². The molecule has 34 heavy (non-hydrogen) atoms. The van der Waals surface area contributed by atoms with E-state index in [0.29, 0.717) is 17.1 Å². The molecular formula is C20H30N8O5S. The summed E-state index contributed by atoms with van der Waals surface area (Å²) >= 11 is 1.45. The third kappa shape index (κ3) is 8.51. The first-order valence-electron chi connectivity index (χ1n) is 10.5. The van der Waals surface area contributed by atoms with E-state index in [1.54, 1.807) is 0 Å². The molecule has 8 N–H and O–H groups in total. The Hall–Kier alpha value is -3.39. The van der Waals surface area contributed by atoms with Crippen LogP contribution in [0.5, 0.6) is 0 Å². The molecule has 0 spiro atoms. The zero-order valence-corrected chi connectivity index (χ0v) is 19.7. The van der Waals surface area contributed by atoms with Crippen molar-refractivity contribution in [3.05, 3.63) is 36.4 Å². The smallest absolute Gasteiger partial charge is 0.326 e. The second kappa shape index (κ2) is 13.3. The number of imidazole rings is 2. The summed E-state index contributed by atoms with van der Waals surface area (Å²) in [5.41, 5.74) is 6.77. The topological polar surface area (TPSA) is 208 Å².